The number of likely N-dealkylation sites (N-methyl/N-ethyl adjacent to an activating group) is 1. The molecule has 0 spiro atoms. The van der Waals surface area contributed by atoms with Crippen LogP contribution in [0.25, 0.3) is 0 Å². The second-order valence-electron chi connectivity index (χ2n) is 4.77. The van der Waals surface area contributed by atoms with Crippen LogP contribution in [0.15, 0.2) is 18.2 Å². The van der Waals surface area contributed by atoms with E-state index in [1.807, 2.05) is 32.3 Å². The minimum Gasteiger partial charge on any atom is -0.497 e. The Morgan fingerprint density at radius 2 is 1.90 bits per heavy atom. The molecular weight excluding hydrogens is 256 g/mol. The first-order chi connectivity index (χ1) is 9.67. The number of benzene rings is 1. The molecule has 1 aromatic rings. The largest absolute Gasteiger partial charge is 0.497 e. The molecular formula is C15H26N2O3. The fraction of sp³-hybridized carbons (Fsp3) is 0.600. The number of hydrogen-bond donors (Lipinski definition) is 1. The van der Waals surface area contributed by atoms with Crippen LogP contribution in [0.1, 0.15) is 5.56 Å². The van der Waals surface area contributed by atoms with Gasteiger partial charge in [-0.05, 0) is 20.2 Å². The van der Waals surface area contributed by atoms with E-state index in [0.717, 1.165) is 43.3 Å². The molecule has 0 bridgehead atoms. The smallest absolute Gasteiger partial charge is 0.127 e. The van der Waals surface area contributed by atoms with Gasteiger partial charge in [-0.25, -0.2) is 0 Å². The number of nitrogens with zero attached hydrogens (tertiary/aromatic N) is 1. The van der Waals surface area contributed by atoms with Crippen molar-refractivity contribution >= 4 is 0 Å². The zero-order chi connectivity index (χ0) is 14.8. The molecule has 1 N–H and O–H groups in total. The highest BCUT2D eigenvalue weighted by molar-refractivity contribution is 5.40. The Balaban J connectivity index is 2.24. The number of rotatable bonds is 10. The average molecular weight is 282 g/mol. The maximum Gasteiger partial charge on any atom is 0.127 e. The first-order valence-electron chi connectivity index (χ1n) is 6.81. The van der Waals surface area contributed by atoms with Crippen molar-refractivity contribution in [2.45, 2.75) is 6.54 Å². The van der Waals surface area contributed by atoms with Crippen molar-refractivity contribution in [3.8, 4) is 11.5 Å². The molecule has 0 heterocycles. The summed E-state index contributed by atoms with van der Waals surface area (Å²) in [5, 5.41) is 3.34. The summed E-state index contributed by atoms with van der Waals surface area (Å²) < 4.78 is 16.0. The van der Waals surface area contributed by atoms with Crippen LogP contribution in [-0.4, -0.2) is 59.5 Å². The normalized spacial score (nSPS) is 10.8. The maximum atomic E-state index is 5.52. The van der Waals surface area contributed by atoms with Gasteiger partial charge in [-0.3, -0.25) is 0 Å². The molecule has 1 rings (SSSR count). The number of methoxy groups -OCH3 is 2. The molecule has 0 aliphatic heterocycles. The van der Waals surface area contributed by atoms with E-state index in [1.54, 1.807) is 14.2 Å². The van der Waals surface area contributed by atoms with Crippen LogP contribution >= 0.6 is 0 Å². The Morgan fingerprint density at radius 1 is 1.10 bits per heavy atom. The lowest BCUT2D eigenvalue weighted by molar-refractivity contribution is 0.119. The van der Waals surface area contributed by atoms with Crippen LogP contribution in [0.4, 0.5) is 0 Å². The molecule has 0 saturated heterocycles. The molecule has 0 amide bonds. The maximum absolute atomic E-state index is 5.52. The Labute approximate surface area is 121 Å². The minimum absolute atomic E-state index is 0.715. The van der Waals surface area contributed by atoms with E-state index in [2.05, 4.69) is 10.2 Å². The third kappa shape index (κ3) is 6.23. The van der Waals surface area contributed by atoms with Crippen molar-refractivity contribution in [3.63, 3.8) is 0 Å². The van der Waals surface area contributed by atoms with Crippen LogP contribution in [0, 0.1) is 0 Å². The fourth-order valence-electron chi connectivity index (χ4n) is 1.71. The molecule has 0 atom stereocenters. The van der Waals surface area contributed by atoms with E-state index in [0.29, 0.717) is 6.61 Å². The van der Waals surface area contributed by atoms with Crippen molar-refractivity contribution in [2.75, 3.05) is 54.6 Å². The van der Waals surface area contributed by atoms with Crippen LogP contribution in [0.5, 0.6) is 11.5 Å². The van der Waals surface area contributed by atoms with Crippen molar-refractivity contribution < 1.29 is 14.2 Å². The van der Waals surface area contributed by atoms with E-state index < -0.39 is 0 Å². The summed E-state index contributed by atoms with van der Waals surface area (Å²) in [6.07, 6.45) is 0. The van der Waals surface area contributed by atoms with Crippen molar-refractivity contribution in [1.82, 2.24) is 10.2 Å². The molecule has 0 fully saturated rings. The summed E-state index contributed by atoms with van der Waals surface area (Å²) in [6, 6.07) is 5.84. The Hall–Kier alpha value is -1.30. The molecule has 0 unspecified atom stereocenters. The first-order valence-corrected chi connectivity index (χ1v) is 6.81. The second kappa shape index (κ2) is 9.58. The van der Waals surface area contributed by atoms with Crippen LogP contribution in [0.2, 0.25) is 0 Å². The Morgan fingerprint density at radius 3 is 2.55 bits per heavy atom. The highest BCUT2D eigenvalue weighted by atomic mass is 16.5. The first kappa shape index (κ1) is 16.8. The summed E-state index contributed by atoms with van der Waals surface area (Å²) in [4.78, 5) is 2.11. The Bertz CT molecular complexity index is 383. The summed E-state index contributed by atoms with van der Waals surface area (Å²) >= 11 is 0. The average Bonchev–Trinajstić information content (AvgIpc) is 2.46. The predicted octanol–water partition coefficient (Wildman–Crippen LogP) is 1.37. The highest BCUT2D eigenvalue weighted by Gasteiger charge is 2.04. The number of hydrogen-bond acceptors (Lipinski definition) is 5. The van der Waals surface area contributed by atoms with Crippen molar-refractivity contribution in [3.05, 3.63) is 23.8 Å². The van der Waals surface area contributed by atoms with Gasteiger partial charge in [-0.15, -0.1) is 0 Å². The van der Waals surface area contributed by atoms with Gasteiger partial charge in [0, 0.05) is 31.3 Å². The molecule has 20 heavy (non-hydrogen) atoms. The van der Waals surface area contributed by atoms with E-state index in [-0.39, 0.29) is 0 Å². The van der Waals surface area contributed by atoms with Gasteiger partial charge in [0.05, 0.1) is 27.4 Å². The van der Waals surface area contributed by atoms with E-state index in [1.165, 1.54) is 0 Å². The molecule has 0 aromatic heterocycles. The van der Waals surface area contributed by atoms with Crippen molar-refractivity contribution in [2.24, 2.45) is 0 Å². The van der Waals surface area contributed by atoms with E-state index in [4.69, 9.17) is 14.2 Å². The lowest BCUT2D eigenvalue weighted by Gasteiger charge is -2.12. The van der Waals surface area contributed by atoms with Gasteiger partial charge in [0.25, 0.3) is 0 Å². The SMILES string of the molecule is COc1ccc(CNCCOCCN(C)C)c(OC)c1. The van der Waals surface area contributed by atoms with Crippen molar-refractivity contribution in [1.29, 1.82) is 0 Å². The Kier molecular flexibility index (Phi) is 8.02. The fourth-order valence-corrected chi connectivity index (χ4v) is 1.71. The van der Waals surface area contributed by atoms with E-state index >= 15 is 0 Å². The molecule has 0 aliphatic carbocycles. The third-order valence-corrected chi connectivity index (χ3v) is 2.92. The quantitative estimate of drug-likeness (QED) is 0.657. The van der Waals surface area contributed by atoms with Gasteiger partial charge in [-0.2, -0.15) is 0 Å². The number of ether oxygens (including phenoxy) is 3. The molecule has 5 heteroatoms. The van der Waals surface area contributed by atoms with E-state index in [9.17, 15) is 0 Å². The van der Waals surface area contributed by atoms with Crippen LogP contribution < -0.4 is 14.8 Å². The molecule has 0 radical (unpaired) electrons. The number of nitrogens with one attached hydrogen (secondary N) is 1. The molecule has 5 nitrogen and oxygen atoms in total. The third-order valence-electron chi connectivity index (χ3n) is 2.92. The minimum atomic E-state index is 0.715. The summed E-state index contributed by atoms with van der Waals surface area (Å²) in [6.45, 7) is 4.01. The summed E-state index contributed by atoms with van der Waals surface area (Å²) in [5.74, 6) is 1.64. The molecule has 114 valence electrons. The van der Waals surface area contributed by atoms with Gasteiger partial charge < -0.3 is 24.4 Å². The standard InChI is InChI=1S/C15H26N2O3/c1-17(2)8-10-20-9-7-16-12-13-5-6-14(18-3)11-15(13)19-4/h5-6,11,16H,7-10,12H2,1-4H3. The lowest BCUT2D eigenvalue weighted by Crippen LogP contribution is -2.23. The van der Waals surface area contributed by atoms with Crippen LogP contribution in [0.3, 0.4) is 0 Å². The zero-order valence-electron chi connectivity index (χ0n) is 12.9. The molecule has 0 aliphatic rings. The van der Waals surface area contributed by atoms with Crippen LogP contribution in [-0.2, 0) is 11.3 Å². The topological polar surface area (TPSA) is 43.0 Å². The molecule has 0 saturated carbocycles. The predicted molar refractivity (Wildman–Crippen MR) is 80.6 cm³/mol. The summed E-state index contributed by atoms with van der Waals surface area (Å²) in [7, 11) is 7.40. The zero-order valence-corrected chi connectivity index (χ0v) is 12.9. The monoisotopic (exact) mass is 282 g/mol. The molecule has 1 aromatic carbocycles. The second-order valence-corrected chi connectivity index (χ2v) is 4.77. The van der Waals surface area contributed by atoms with Gasteiger partial charge in [-0.1, -0.05) is 6.07 Å². The van der Waals surface area contributed by atoms with Gasteiger partial charge in [0.15, 0.2) is 0 Å². The van der Waals surface area contributed by atoms with Gasteiger partial charge >= 0.3 is 0 Å². The highest BCUT2D eigenvalue weighted by Crippen LogP contribution is 2.24. The van der Waals surface area contributed by atoms with Gasteiger partial charge in [0.2, 0.25) is 0 Å². The lowest BCUT2D eigenvalue weighted by atomic mass is 10.2. The van der Waals surface area contributed by atoms with Gasteiger partial charge in [0.1, 0.15) is 11.5 Å². The summed E-state index contributed by atoms with van der Waals surface area (Å²) in [5.41, 5.74) is 1.11.